The number of hydrogen-bond acceptors (Lipinski definition) is 16. The first-order chi connectivity index (χ1) is 13.4. The number of nitrogens with zero attached hydrogens (tertiary/aromatic N) is 18. The predicted molar refractivity (Wildman–Crippen MR) is 82.0 cm³/mol. The van der Waals surface area contributed by atoms with Crippen molar-refractivity contribution in [1.82, 2.24) is 71.7 Å². The summed E-state index contributed by atoms with van der Waals surface area (Å²) in [5, 5.41) is 47.0. The van der Waals surface area contributed by atoms with Gasteiger partial charge < -0.3 is 11.5 Å². The van der Waals surface area contributed by atoms with Crippen LogP contribution < -0.4 is 42.7 Å². The Balaban J connectivity index is 0.000000156. The normalized spacial score (nSPS) is 10.2. The number of nitrogen functional groups attached to an aromatic ring is 4. The third kappa shape index (κ3) is 5.29. The maximum Gasteiger partial charge on any atom is 0.385 e. The molecule has 0 atom stereocenters. The highest BCUT2D eigenvalue weighted by Gasteiger charge is 2.07. The lowest BCUT2D eigenvalue weighted by Gasteiger charge is -1.91. The van der Waals surface area contributed by atoms with Crippen molar-refractivity contribution >= 4 is 23.8 Å². The molecule has 148 valence electrons. The van der Waals surface area contributed by atoms with Gasteiger partial charge in [0.25, 0.3) is 0 Å². The number of anilines is 2. The summed E-state index contributed by atoms with van der Waals surface area (Å²) in [6.45, 7) is 0. The Morgan fingerprint density at radius 2 is 1.18 bits per heavy atom. The van der Waals surface area contributed by atoms with E-state index in [2.05, 4.69) is 72.3 Å². The van der Waals surface area contributed by atoms with E-state index in [1.807, 2.05) is 0 Å². The number of nitrogens with two attached hydrogens (primary N) is 4. The molecule has 0 unspecified atom stereocenters. The Morgan fingerprint density at radius 1 is 0.786 bits per heavy atom. The predicted octanol–water partition coefficient (Wildman–Crippen LogP) is -6.82. The summed E-state index contributed by atoms with van der Waals surface area (Å²) in [6, 6.07) is 0. The Morgan fingerprint density at radius 3 is 1.36 bits per heavy atom. The molecule has 0 aliphatic carbocycles. The number of tetrazole rings is 4. The van der Waals surface area contributed by atoms with Gasteiger partial charge in [-0.05, 0) is 0 Å². The third-order valence-corrected chi connectivity index (χ3v) is 2.52. The summed E-state index contributed by atoms with van der Waals surface area (Å²) in [7, 11) is 3.32. The van der Waals surface area contributed by atoms with Gasteiger partial charge in [0.2, 0.25) is 0 Å². The molecule has 28 heavy (non-hydrogen) atoms. The quantitative estimate of drug-likeness (QED) is 0.139. The zero-order valence-corrected chi connectivity index (χ0v) is 14.4. The highest BCUT2D eigenvalue weighted by atomic mass is 15.7. The van der Waals surface area contributed by atoms with Crippen molar-refractivity contribution in [2.45, 2.75) is 0 Å². The van der Waals surface area contributed by atoms with Crippen molar-refractivity contribution in [2.24, 2.45) is 24.3 Å². The van der Waals surface area contributed by atoms with Crippen molar-refractivity contribution < 1.29 is 9.36 Å². The van der Waals surface area contributed by atoms with Gasteiger partial charge in [-0.2, -0.15) is 10.4 Å². The van der Waals surface area contributed by atoms with Gasteiger partial charge in [0, 0.05) is 9.58 Å². The molecule has 0 spiro atoms. The van der Waals surface area contributed by atoms with Gasteiger partial charge in [0.15, 0.2) is 0 Å². The molecule has 0 aliphatic rings. The molecule has 0 saturated heterocycles. The number of aromatic nitrogens is 16. The molecule has 0 bridgehead atoms. The Labute approximate surface area is 153 Å². The zero-order chi connectivity index (χ0) is 20.5. The first kappa shape index (κ1) is 19.4. The van der Waals surface area contributed by atoms with Gasteiger partial charge in [-0.25, -0.2) is 10.2 Å². The third-order valence-electron chi connectivity index (χ3n) is 2.52. The van der Waals surface area contributed by atoms with Gasteiger partial charge in [-0.1, -0.05) is 0 Å². The van der Waals surface area contributed by atoms with Crippen molar-refractivity contribution in [3.63, 3.8) is 0 Å². The molecular weight excluding hydrogens is 380 g/mol. The maximum atomic E-state index is 5.28. The van der Waals surface area contributed by atoms with Gasteiger partial charge in [-0.15, -0.1) is 19.8 Å². The standard InChI is InChI=1S/C2N10.2C2H6N6/c3(1-5-9-10-6-1)4-2-7-11-12-8-2;2*1-7-2(3)8(4)6-5-7/h;2*3H,4H2,1H3/q-2;;/p+2/b4-3+;;. The molecule has 22 nitrogen and oxygen atoms in total. The summed E-state index contributed by atoms with van der Waals surface area (Å²) in [5.74, 6) is 11.0. The van der Waals surface area contributed by atoms with Crippen LogP contribution in [0, 0.1) is 0 Å². The molecule has 0 fully saturated rings. The molecule has 4 aromatic rings. The molecule has 22 heteroatoms. The second-order valence-electron chi connectivity index (χ2n) is 4.37. The SMILES string of the molecule is C[n+]1nnn(N)c1N.C[n+]1nnn(N)c1N.N(=N\c1nnn[n-]1)/c1nnn[n-]1. The van der Waals surface area contributed by atoms with E-state index in [1.54, 1.807) is 14.1 Å². The first-order valence-corrected chi connectivity index (χ1v) is 6.82. The van der Waals surface area contributed by atoms with Crippen LogP contribution in [0.5, 0.6) is 0 Å². The van der Waals surface area contributed by atoms with E-state index >= 15 is 0 Å². The monoisotopic (exact) mass is 394 g/mol. The molecule has 0 radical (unpaired) electrons. The lowest BCUT2D eigenvalue weighted by Crippen LogP contribution is -2.34. The van der Waals surface area contributed by atoms with Gasteiger partial charge in [0.05, 0.1) is 24.5 Å². The fourth-order valence-corrected chi connectivity index (χ4v) is 1.14. The summed E-state index contributed by atoms with van der Waals surface area (Å²) in [4.78, 5) is 2.00. The minimum Gasteiger partial charge on any atom is -0.305 e. The number of aryl methyl sites for hydroxylation is 2. The van der Waals surface area contributed by atoms with Crippen LogP contribution in [0.1, 0.15) is 0 Å². The van der Waals surface area contributed by atoms with E-state index < -0.39 is 0 Å². The van der Waals surface area contributed by atoms with E-state index in [0.717, 1.165) is 9.58 Å². The summed E-state index contributed by atoms with van der Waals surface area (Å²) < 4.78 is 2.75. The fraction of sp³-hybridized carbons (Fsp3) is 0.333. The summed E-state index contributed by atoms with van der Waals surface area (Å²) in [6.07, 6.45) is 0. The molecule has 8 N–H and O–H groups in total. The van der Waals surface area contributed by atoms with E-state index in [-0.39, 0.29) is 11.9 Å². The molecule has 0 aromatic carbocycles. The van der Waals surface area contributed by atoms with Crippen LogP contribution >= 0.6 is 0 Å². The van der Waals surface area contributed by atoms with Crippen molar-refractivity contribution in [3.05, 3.63) is 0 Å². The van der Waals surface area contributed by atoms with Crippen LogP contribution in [0.3, 0.4) is 0 Å². The highest BCUT2D eigenvalue weighted by molar-refractivity contribution is 5.10. The minimum atomic E-state index is 0.0415. The average Bonchev–Trinajstić information content (AvgIpc) is 3.48. The Hall–Kier alpha value is -4.92. The second-order valence-corrected chi connectivity index (χ2v) is 4.37. The zero-order valence-electron chi connectivity index (χ0n) is 14.4. The van der Waals surface area contributed by atoms with E-state index in [1.165, 1.54) is 9.36 Å². The minimum absolute atomic E-state index is 0.0415. The van der Waals surface area contributed by atoms with Crippen molar-refractivity contribution in [3.8, 4) is 0 Å². The number of azo groups is 1. The van der Waals surface area contributed by atoms with Crippen molar-refractivity contribution in [2.75, 3.05) is 23.2 Å². The molecule has 4 heterocycles. The Kier molecular flexibility index (Phi) is 6.21. The lowest BCUT2D eigenvalue weighted by atomic mass is 11.0. The number of rotatable bonds is 2. The van der Waals surface area contributed by atoms with Crippen LogP contribution in [0.25, 0.3) is 0 Å². The molecule has 4 rings (SSSR count). The molecule has 4 aromatic heterocycles. The molecule has 0 aliphatic heterocycles. The van der Waals surface area contributed by atoms with Crippen LogP contribution in [0.4, 0.5) is 23.8 Å². The number of hydrogen-bond donors (Lipinski definition) is 4. The van der Waals surface area contributed by atoms with Gasteiger partial charge in [-0.3, -0.25) is 32.1 Å². The van der Waals surface area contributed by atoms with Crippen LogP contribution in [-0.4, -0.2) is 61.5 Å². The largest absolute Gasteiger partial charge is 0.385 e. The lowest BCUT2D eigenvalue weighted by molar-refractivity contribution is -0.718. The van der Waals surface area contributed by atoms with Crippen LogP contribution in [0.15, 0.2) is 10.2 Å². The van der Waals surface area contributed by atoms with Crippen LogP contribution in [0.2, 0.25) is 0 Å². The van der Waals surface area contributed by atoms with Gasteiger partial charge >= 0.3 is 11.9 Å². The molecule has 0 amide bonds. The fourth-order valence-electron chi connectivity index (χ4n) is 1.14. The second kappa shape index (κ2) is 8.97. The highest BCUT2D eigenvalue weighted by Crippen LogP contribution is 2.03. The molecular formula is C6H14N22. The summed E-state index contributed by atoms with van der Waals surface area (Å²) >= 11 is 0. The van der Waals surface area contributed by atoms with Crippen LogP contribution in [-0.2, 0) is 14.1 Å². The Bertz CT molecular complexity index is 849. The maximum absolute atomic E-state index is 5.28. The first-order valence-electron chi connectivity index (χ1n) is 6.82. The van der Waals surface area contributed by atoms with Crippen molar-refractivity contribution in [1.29, 1.82) is 0 Å². The smallest absolute Gasteiger partial charge is 0.305 e. The summed E-state index contributed by atoms with van der Waals surface area (Å²) in [5.41, 5.74) is 10.6. The molecule has 0 saturated carbocycles. The van der Waals surface area contributed by atoms with E-state index in [9.17, 15) is 0 Å². The van der Waals surface area contributed by atoms with Gasteiger partial charge in [0.1, 0.15) is 22.3 Å². The average molecular weight is 394 g/mol. The topological polar surface area (TPSA) is 304 Å². The van der Waals surface area contributed by atoms with E-state index in [0.29, 0.717) is 11.9 Å². The van der Waals surface area contributed by atoms with E-state index in [4.69, 9.17) is 23.2 Å².